The first-order valence-electron chi connectivity index (χ1n) is 9.31. The number of hydrogen-bond donors (Lipinski definition) is 1. The van der Waals surface area contributed by atoms with Crippen molar-refractivity contribution in [2.75, 3.05) is 18.8 Å². The van der Waals surface area contributed by atoms with Gasteiger partial charge in [0.2, 0.25) is 0 Å². The van der Waals surface area contributed by atoms with E-state index in [2.05, 4.69) is 18.3 Å². The zero-order valence-electron chi connectivity index (χ0n) is 15.1. The lowest BCUT2D eigenvalue weighted by molar-refractivity contribution is 0.560. The van der Waals surface area contributed by atoms with Gasteiger partial charge in [0.15, 0.2) is 0 Å². The van der Waals surface area contributed by atoms with Crippen LogP contribution in [0, 0.1) is 11.3 Å². The van der Waals surface area contributed by atoms with E-state index >= 15 is 0 Å². The van der Waals surface area contributed by atoms with Crippen LogP contribution in [0.4, 0.5) is 0 Å². The molecule has 0 aliphatic rings. The van der Waals surface area contributed by atoms with Gasteiger partial charge in [-0.3, -0.25) is 0 Å². The molecule has 0 aromatic heterocycles. The molecule has 0 radical (unpaired) electrons. The Balaban J connectivity index is 1.81. The van der Waals surface area contributed by atoms with Crippen LogP contribution < -0.4 is 5.32 Å². The Morgan fingerprint density at radius 1 is 0.875 bits per heavy atom. The maximum Gasteiger partial charge on any atom is 0.0991 e. The van der Waals surface area contributed by atoms with E-state index in [0.29, 0.717) is 0 Å². The molecule has 0 atom stereocenters. The van der Waals surface area contributed by atoms with E-state index in [9.17, 15) is 0 Å². The Hall–Kier alpha value is -0.630. The van der Waals surface area contributed by atoms with Gasteiger partial charge in [-0.15, -0.1) is 0 Å². The van der Waals surface area contributed by atoms with Crippen LogP contribution in [-0.4, -0.2) is 18.8 Å². The van der Waals surface area contributed by atoms with Crippen LogP contribution in [0.2, 0.25) is 0 Å². The normalized spacial score (nSPS) is 10.7. The van der Waals surface area contributed by atoms with Crippen LogP contribution in [-0.2, 0) is 5.75 Å². The molecule has 1 aromatic rings. The molecule has 0 aliphatic carbocycles. The molecular weight excluding hydrogens is 332 g/mol. The fourth-order valence-electron chi connectivity index (χ4n) is 2.47. The summed E-state index contributed by atoms with van der Waals surface area (Å²) in [5.41, 5.74) is 2.03. The van der Waals surface area contributed by atoms with Crippen molar-refractivity contribution in [3.8, 4) is 6.07 Å². The van der Waals surface area contributed by atoms with Crippen molar-refractivity contribution < 1.29 is 0 Å². The zero-order valence-corrected chi connectivity index (χ0v) is 16.7. The summed E-state index contributed by atoms with van der Waals surface area (Å²) in [6.07, 6.45) is 11.1. The Morgan fingerprint density at radius 3 is 2.21 bits per heavy atom. The molecule has 0 spiro atoms. The summed E-state index contributed by atoms with van der Waals surface area (Å²) >= 11 is 0. The number of nitrogens with one attached hydrogen (secondary N) is 1. The van der Waals surface area contributed by atoms with Crippen LogP contribution in [0.25, 0.3) is 0 Å². The second-order valence-corrected chi connectivity index (χ2v) is 8.70. The molecule has 1 rings (SSSR count). The number of unbranched alkanes of at least 4 members (excludes halogenated alkanes) is 7. The third-order valence-electron chi connectivity index (χ3n) is 3.96. The van der Waals surface area contributed by atoms with Crippen molar-refractivity contribution in [1.82, 2.24) is 5.32 Å². The summed E-state index contributed by atoms with van der Waals surface area (Å²) in [5, 5.41) is 12.3. The number of rotatable bonds is 15. The standard InChI is InChI=1S/C20H32N2S2/c1-2-3-4-5-6-7-8-9-14-22-15-16-23-24-18-20-12-10-19(17-21)11-13-20/h10-13,22H,2-9,14-16,18H2,1H3. The third kappa shape index (κ3) is 11.8. The highest BCUT2D eigenvalue weighted by atomic mass is 33.1. The molecule has 0 saturated heterocycles. The lowest BCUT2D eigenvalue weighted by Crippen LogP contribution is -2.18. The molecule has 4 heteroatoms. The second-order valence-electron chi connectivity index (χ2n) is 6.12. The van der Waals surface area contributed by atoms with Crippen molar-refractivity contribution in [2.45, 2.75) is 64.0 Å². The van der Waals surface area contributed by atoms with Gasteiger partial charge in [-0.2, -0.15) is 5.26 Å². The minimum atomic E-state index is 0.738. The predicted octanol–water partition coefficient (Wildman–Crippen LogP) is 6.17. The topological polar surface area (TPSA) is 35.8 Å². The van der Waals surface area contributed by atoms with Gasteiger partial charge in [-0.25, -0.2) is 0 Å². The van der Waals surface area contributed by atoms with Gasteiger partial charge in [0.25, 0.3) is 0 Å². The molecule has 0 unspecified atom stereocenters. The number of benzene rings is 1. The van der Waals surface area contributed by atoms with Crippen molar-refractivity contribution in [1.29, 1.82) is 5.26 Å². The molecule has 2 nitrogen and oxygen atoms in total. The van der Waals surface area contributed by atoms with E-state index in [1.165, 1.54) is 56.9 Å². The van der Waals surface area contributed by atoms with Crippen LogP contribution >= 0.6 is 21.6 Å². The number of nitriles is 1. The summed E-state index contributed by atoms with van der Waals surface area (Å²) in [7, 11) is 3.82. The molecule has 0 fully saturated rings. The van der Waals surface area contributed by atoms with Gasteiger partial charge >= 0.3 is 0 Å². The zero-order chi connectivity index (χ0) is 17.3. The lowest BCUT2D eigenvalue weighted by atomic mass is 10.1. The highest BCUT2D eigenvalue weighted by molar-refractivity contribution is 8.76. The molecular formula is C20H32N2S2. The number of hydrogen-bond acceptors (Lipinski definition) is 4. The second kappa shape index (κ2) is 15.9. The largest absolute Gasteiger partial charge is 0.316 e. The molecule has 0 amide bonds. The van der Waals surface area contributed by atoms with Gasteiger partial charge in [-0.1, -0.05) is 85.6 Å². The molecule has 0 heterocycles. The predicted molar refractivity (Wildman–Crippen MR) is 110 cm³/mol. The van der Waals surface area contributed by atoms with Crippen LogP contribution in [0.3, 0.4) is 0 Å². The highest BCUT2D eigenvalue weighted by Crippen LogP contribution is 2.25. The molecule has 1 aromatic carbocycles. The maximum absolute atomic E-state index is 8.77. The Labute approximate surface area is 156 Å². The molecule has 0 aliphatic heterocycles. The molecule has 0 bridgehead atoms. The maximum atomic E-state index is 8.77. The molecule has 24 heavy (non-hydrogen) atoms. The summed E-state index contributed by atoms with van der Waals surface area (Å²) in [5.74, 6) is 2.16. The van der Waals surface area contributed by atoms with Gasteiger partial charge in [0.1, 0.15) is 0 Å². The third-order valence-corrected chi connectivity index (χ3v) is 6.30. The Kier molecular flexibility index (Phi) is 14.2. The van der Waals surface area contributed by atoms with E-state index in [-0.39, 0.29) is 0 Å². The van der Waals surface area contributed by atoms with Gasteiger partial charge in [-0.05, 0) is 30.7 Å². The average molecular weight is 365 g/mol. The quantitative estimate of drug-likeness (QED) is 0.298. The molecule has 134 valence electrons. The van der Waals surface area contributed by atoms with Gasteiger partial charge in [0, 0.05) is 18.1 Å². The van der Waals surface area contributed by atoms with Crippen molar-refractivity contribution in [2.24, 2.45) is 0 Å². The van der Waals surface area contributed by atoms with E-state index in [0.717, 1.165) is 30.2 Å². The SMILES string of the molecule is CCCCCCCCCCNCCSSCc1ccc(C#N)cc1. The average Bonchev–Trinajstić information content (AvgIpc) is 2.62. The van der Waals surface area contributed by atoms with Crippen molar-refractivity contribution >= 4 is 21.6 Å². The van der Waals surface area contributed by atoms with Crippen LogP contribution in [0.15, 0.2) is 24.3 Å². The van der Waals surface area contributed by atoms with Crippen LogP contribution in [0.1, 0.15) is 69.4 Å². The first-order valence-corrected chi connectivity index (χ1v) is 11.8. The van der Waals surface area contributed by atoms with Gasteiger partial charge in [0.05, 0.1) is 11.6 Å². The summed E-state index contributed by atoms with van der Waals surface area (Å²) in [4.78, 5) is 0. The highest BCUT2D eigenvalue weighted by Gasteiger charge is 1.96. The minimum absolute atomic E-state index is 0.738. The fraction of sp³-hybridized carbons (Fsp3) is 0.650. The molecule has 0 saturated carbocycles. The Bertz CT molecular complexity index is 440. The van der Waals surface area contributed by atoms with Crippen molar-refractivity contribution in [3.63, 3.8) is 0 Å². The van der Waals surface area contributed by atoms with E-state index in [1.807, 2.05) is 45.9 Å². The minimum Gasteiger partial charge on any atom is -0.316 e. The Morgan fingerprint density at radius 2 is 1.54 bits per heavy atom. The van der Waals surface area contributed by atoms with E-state index < -0.39 is 0 Å². The first-order chi connectivity index (χ1) is 11.9. The van der Waals surface area contributed by atoms with Gasteiger partial charge < -0.3 is 5.32 Å². The van der Waals surface area contributed by atoms with Crippen LogP contribution in [0.5, 0.6) is 0 Å². The smallest absolute Gasteiger partial charge is 0.0991 e. The number of nitrogens with zero attached hydrogens (tertiary/aromatic N) is 1. The monoisotopic (exact) mass is 364 g/mol. The first kappa shape index (κ1) is 21.4. The summed E-state index contributed by atoms with van der Waals surface area (Å²) < 4.78 is 0. The van der Waals surface area contributed by atoms with Crippen molar-refractivity contribution in [3.05, 3.63) is 35.4 Å². The molecule has 1 N–H and O–H groups in total. The summed E-state index contributed by atoms with van der Waals surface area (Å²) in [6, 6.07) is 10.0. The van der Waals surface area contributed by atoms with E-state index in [4.69, 9.17) is 5.26 Å². The fourth-order valence-corrected chi connectivity index (χ4v) is 4.49. The summed E-state index contributed by atoms with van der Waals surface area (Å²) in [6.45, 7) is 4.53. The van der Waals surface area contributed by atoms with E-state index in [1.54, 1.807) is 0 Å². The lowest BCUT2D eigenvalue weighted by Gasteiger charge is -2.05.